The molecule has 7 nitrogen and oxygen atoms in total. The average Bonchev–Trinajstić information content (AvgIpc) is 2.70. The van der Waals surface area contributed by atoms with Gasteiger partial charge in [0.1, 0.15) is 6.54 Å². The van der Waals surface area contributed by atoms with Crippen LogP contribution in [0, 0.1) is 23.2 Å². The maximum absolute atomic E-state index is 12.4. The van der Waals surface area contributed by atoms with Crippen LogP contribution in [0.4, 0.5) is 5.69 Å². The van der Waals surface area contributed by atoms with Crippen molar-refractivity contribution >= 4 is 11.6 Å². The van der Waals surface area contributed by atoms with E-state index in [1.807, 2.05) is 12.1 Å². The highest BCUT2D eigenvalue weighted by Gasteiger charge is 2.56. The first-order valence-electron chi connectivity index (χ1n) is 10.3. The smallest absolute Gasteiger partial charge is 0.269 e. The lowest BCUT2D eigenvalue weighted by atomic mass is 9.45. The number of hydrogen-bond acceptors (Lipinski definition) is 5. The van der Waals surface area contributed by atoms with Crippen molar-refractivity contribution in [1.82, 2.24) is 20.1 Å². The summed E-state index contributed by atoms with van der Waals surface area (Å²) in [5.74, 6) is 1.80. The number of anilines is 1. The van der Waals surface area contributed by atoms with Gasteiger partial charge in [0.2, 0.25) is 5.91 Å². The third-order valence-corrected chi connectivity index (χ3v) is 7.11. The summed E-state index contributed by atoms with van der Waals surface area (Å²) in [6.45, 7) is 7.36. The molecule has 0 aromatic carbocycles. The fourth-order valence-electron chi connectivity index (χ4n) is 5.08. The normalized spacial score (nSPS) is 27.0. The van der Waals surface area contributed by atoms with Crippen LogP contribution in [-0.4, -0.2) is 26.7 Å². The van der Waals surface area contributed by atoms with Gasteiger partial charge in [-0.3, -0.25) is 14.6 Å². The van der Waals surface area contributed by atoms with E-state index < -0.39 is 0 Å². The van der Waals surface area contributed by atoms with Crippen LogP contribution in [0.15, 0.2) is 41.6 Å². The van der Waals surface area contributed by atoms with Gasteiger partial charge in [0.15, 0.2) is 0 Å². The number of hydrogen-bond donors (Lipinski definition) is 2. The molecule has 7 heteroatoms. The first-order valence-corrected chi connectivity index (χ1v) is 10.3. The number of carbonyl (C=O) groups excluding carboxylic acids is 1. The summed E-state index contributed by atoms with van der Waals surface area (Å²) >= 11 is 0. The Balaban J connectivity index is 1.33. The van der Waals surface area contributed by atoms with Crippen LogP contribution in [0.1, 0.15) is 39.2 Å². The molecule has 3 aliphatic carbocycles. The number of nitrogens with one attached hydrogen (secondary N) is 2. The van der Waals surface area contributed by atoms with Crippen molar-refractivity contribution in [1.29, 1.82) is 0 Å². The van der Waals surface area contributed by atoms with Crippen LogP contribution in [0.3, 0.4) is 0 Å². The second kappa shape index (κ2) is 7.61. The predicted octanol–water partition coefficient (Wildman–Crippen LogP) is 2.44. The Kier molecular flexibility index (Phi) is 5.15. The fraction of sp³-hybridized carbons (Fsp3) is 0.545. The van der Waals surface area contributed by atoms with Gasteiger partial charge >= 0.3 is 0 Å². The monoisotopic (exact) mass is 395 g/mol. The first-order chi connectivity index (χ1) is 13.8. The van der Waals surface area contributed by atoms with Crippen LogP contribution < -0.4 is 16.2 Å². The summed E-state index contributed by atoms with van der Waals surface area (Å²) in [7, 11) is 0. The van der Waals surface area contributed by atoms with Crippen LogP contribution in [0.2, 0.25) is 0 Å². The van der Waals surface area contributed by atoms with Crippen LogP contribution in [-0.2, 0) is 17.9 Å². The molecule has 2 bridgehead atoms. The number of fused-ring (bicyclic) bond motifs is 2. The molecule has 5 rings (SSSR count). The Morgan fingerprint density at radius 3 is 2.69 bits per heavy atom. The van der Waals surface area contributed by atoms with E-state index in [1.54, 1.807) is 24.7 Å². The van der Waals surface area contributed by atoms with Crippen molar-refractivity contribution < 1.29 is 4.79 Å². The van der Waals surface area contributed by atoms with Crippen molar-refractivity contribution in [2.24, 2.45) is 23.2 Å². The van der Waals surface area contributed by atoms with Crippen LogP contribution in [0.5, 0.6) is 0 Å². The maximum atomic E-state index is 12.4. The summed E-state index contributed by atoms with van der Waals surface area (Å²) in [4.78, 5) is 28.5. The number of pyridine rings is 1. The fourth-order valence-corrected chi connectivity index (χ4v) is 5.08. The molecule has 3 fully saturated rings. The van der Waals surface area contributed by atoms with Gasteiger partial charge in [-0.2, -0.15) is 5.10 Å². The minimum absolute atomic E-state index is 0.0949. The topological polar surface area (TPSA) is 88.9 Å². The van der Waals surface area contributed by atoms with E-state index in [0.29, 0.717) is 23.9 Å². The number of nitrogens with zero attached hydrogens (tertiary/aromatic N) is 3. The first kappa shape index (κ1) is 19.6. The maximum Gasteiger partial charge on any atom is 0.269 e. The highest BCUT2D eigenvalue weighted by molar-refractivity contribution is 5.75. The van der Waals surface area contributed by atoms with Crippen molar-refractivity contribution in [3.05, 3.63) is 52.7 Å². The molecule has 0 unspecified atom stereocenters. The predicted molar refractivity (Wildman–Crippen MR) is 111 cm³/mol. The molecule has 29 heavy (non-hydrogen) atoms. The minimum Gasteiger partial charge on any atom is -0.381 e. The zero-order valence-corrected chi connectivity index (χ0v) is 17.3. The van der Waals surface area contributed by atoms with Crippen molar-refractivity contribution in [3.8, 4) is 0 Å². The summed E-state index contributed by atoms with van der Waals surface area (Å²) in [5.41, 5.74) is 1.85. The Hall–Kier alpha value is -2.70. The second-order valence-electron chi connectivity index (χ2n) is 9.08. The van der Waals surface area contributed by atoms with Crippen molar-refractivity contribution in [2.45, 2.75) is 52.7 Å². The molecule has 2 N–H and O–H groups in total. The summed E-state index contributed by atoms with van der Waals surface area (Å²) in [6, 6.07) is 5.58. The zero-order chi connectivity index (χ0) is 20.6. The standard InChI is InChI=1S/C22H29N5O2/c1-14-18-8-16(22(18,2)3)9-19(14)26-17-10-21(29)27(25-12-17)13-20(28)24-11-15-4-6-23-7-5-15/h4-7,10,12,14,16,18-19,26H,8-9,11,13H2,1-3H3,(H,24,28)/t14-,16-,18+,19-/m1/s1. The highest BCUT2D eigenvalue weighted by Crippen LogP contribution is 2.61. The van der Waals surface area contributed by atoms with Gasteiger partial charge in [0, 0.05) is 31.0 Å². The average molecular weight is 396 g/mol. The number of aromatic nitrogens is 3. The molecule has 3 aliphatic rings. The summed E-state index contributed by atoms with van der Waals surface area (Å²) < 4.78 is 1.19. The van der Waals surface area contributed by atoms with E-state index in [2.05, 4.69) is 41.5 Å². The Labute approximate surface area is 170 Å². The second-order valence-corrected chi connectivity index (χ2v) is 9.08. The Morgan fingerprint density at radius 1 is 1.28 bits per heavy atom. The van der Waals surface area contributed by atoms with Crippen LogP contribution >= 0.6 is 0 Å². The molecule has 0 aliphatic heterocycles. The van der Waals surface area contributed by atoms with Gasteiger partial charge in [-0.15, -0.1) is 0 Å². The summed E-state index contributed by atoms with van der Waals surface area (Å²) in [6.07, 6.45) is 7.45. The van der Waals surface area contributed by atoms with E-state index in [4.69, 9.17) is 0 Å². The molecular weight excluding hydrogens is 366 g/mol. The molecule has 4 atom stereocenters. The molecule has 3 saturated carbocycles. The van der Waals surface area contributed by atoms with E-state index in [9.17, 15) is 9.59 Å². The molecule has 0 radical (unpaired) electrons. The molecule has 0 saturated heterocycles. The van der Waals surface area contributed by atoms with E-state index in [-0.39, 0.29) is 18.0 Å². The van der Waals surface area contributed by atoms with E-state index >= 15 is 0 Å². The molecule has 1 amide bonds. The van der Waals surface area contributed by atoms with Crippen LogP contribution in [0.25, 0.3) is 0 Å². The molecule has 0 spiro atoms. The summed E-state index contributed by atoms with van der Waals surface area (Å²) in [5, 5.41) is 10.5. The Morgan fingerprint density at radius 2 is 2.03 bits per heavy atom. The minimum atomic E-state index is -0.275. The Bertz CT molecular complexity index is 940. The largest absolute Gasteiger partial charge is 0.381 e. The van der Waals surface area contributed by atoms with E-state index in [1.165, 1.54) is 11.1 Å². The molecule has 2 aromatic rings. The lowest BCUT2D eigenvalue weighted by Gasteiger charge is -2.62. The molecule has 2 heterocycles. The highest BCUT2D eigenvalue weighted by atomic mass is 16.2. The van der Waals surface area contributed by atoms with Gasteiger partial charge in [0.25, 0.3) is 5.56 Å². The molecule has 154 valence electrons. The quantitative estimate of drug-likeness (QED) is 0.784. The lowest BCUT2D eigenvalue weighted by molar-refractivity contribution is -0.122. The third-order valence-electron chi connectivity index (χ3n) is 7.11. The van der Waals surface area contributed by atoms with Gasteiger partial charge in [-0.1, -0.05) is 20.8 Å². The SMILES string of the molecule is C[C@H]1[C@H](Nc2cnn(CC(=O)NCc3ccncc3)c(=O)c2)C[C@H]2C[C@@H]1C2(C)C. The van der Waals surface area contributed by atoms with Crippen molar-refractivity contribution in [2.75, 3.05) is 5.32 Å². The number of carbonyl (C=O) groups is 1. The van der Waals surface area contributed by atoms with Crippen molar-refractivity contribution in [3.63, 3.8) is 0 Å². The van der Waals surface area contributed by atoms with E-state index in [0.717, 1.165) is 29.5 Å². The molecular formula is C22H29N5O2. The number of rotatable bonds is 6. The van der Waals surface area contributed by atoms with Gasteiger partial charge < -0.3 is 10.6 Å². The zero-order valence-electron chi connectivity index (χ0n) is 17.3. The number of amides is 1. The van der Waals surface area contributed by atoms with Gasteiger partial charge in [-0.05, 0) is 53.7 Å². The van der Waals surface area contributed by atoms with Gasteiger partial charge in [0.05, 0.1) is 11.9 Å². The third kappa shape index (κ3) is 3.91. The molecule has 2 aromatic heterocycles. The van der Waals surface area contributed by atoms with Gasteiger partial charge in [-0.25, -0.2) is 4.68 Å². The lowest BCUT2D eigenvalue weighted by Crippen LogP contribution is -2.58.